The fraction of sp³-hybridized carbons (Fsp3) is 1.00. The molecule has 0 heterocycles. The maximum absolute atomic E-state index is 9.01. The summed E-state index contributed by atoms with van der Waals surface area (Å²) in [6, 6.07) is 0.753. The summed E-state index contributed by atoms with van der Waals surface area (Å²) in [7, 11) is 0. The monoisotopic (exact) mass is 227 g/mol. The van der Waals surface area contributed by atoms with Crippen LogP contribution in [0, 0.1) is 11.8 Å². The van der Waals surface area contributed by atoms with Gasteiger partial charge in [-0.3, -0.25) is 0 Å². The Morgan fingerprint density at radius 3 is 2.62 bits per heavy atom. The van der Waals surface area contributed by atoms with Crippen LogP contribution in [0.5, 0.6) is 0 Å². The lowest BCUT2D eigenvalue weighted by Gasteiger charge is -2.19. The molecule has 1 fully saturated rings. The first-order valence-electron chi connectivity index (χ1n) is 7.14. The summed E-state index contributed by atoms with van der Waals surface area (Å²) >= 11 is 0. The van der Waals surface area contributed by atoms with Gasteiger partial charge in [0.15, 0.2) is 0 Å². The summed E-state index contributed by atoms with van der Waals surface area (Å²) in [6.07, 6.45) is 8.92. The highest BCUT2D eigenvalue weighted by molar-refractivity contribution is 4.80. The van der Waals surface area contributed by atoms with Crippen molar-refractivity contribution in [2.45, 2.75) is 64.8 Å². The van der Waals surface area contributed by atoms with Gasteiger partial charge in [0.2, 0.25) is 0 Å². The summed E-state index contributed by atoms with van der Waals surface area (Å²) in [4.78, 5) is 0. The number of aliphatic hydroxyl groups is 1. The molecule has 1 saturated carbocycles. The molecule has 1 aliphatic rings. The number of nitrogens with one attached hydrogen (secondary N) is 1. The smallest absolute Gasteiger partial charge is 0.0434 e. The van der Waals surface area contributed by atoms with E-state index >= 15 is 0 Å². The van der Waals surface area contributed by atoms with Crippen LogP contribution in [0.1, 0.15) is 58.8 Å². The van der Waals surface area contributed by atoms with Crippen LogP contribution < -0.4 is 5.32 Å². The second kappa shape index (κ2) is 8.08. The Morgan fingerprint density at radius 1 is 1.25 bits per heavy atom. The van der Waals surface area contributed by atoms with Crippen LogP contribution in [0.15, 0.2) is 0 Å². The summed E-state index contributed by atoms with van der Waals surface area (Å²) in [5.74, 6) is 1.63. The van der Waals surface area contributed by atoms with Crippen LogP contribution in [0.4, 0.5) is 0 Å². The van der Waals surface area contributed by atoms with Crippen LogP contribution in [0.25, 0.3) is 0 Å². The van der Waals surface area contributed by atoms with Gasteiger partial charge in [0.1, 0.15) is 0 Å². The molecule has 3 atom stereocenters. The number of rotatable bonds is 8. The zero-order valence-corrected chi connectivity index (χ0v) is 11.0. The van der Waals surface area contributed by atoms with E-state index in [9.17, 15) is 0 Å². The fourth-order valence-electron chi connectivity index (χ4n) is 2.90. The van der Waals surface area contributed by atoms with Gasteiger partial charge in [0.05, 0.1) is 0 Å². The summed E-state index contributed by atoms with van der Waals surface area (Å²) in [6.45, 7) is 5.98. The van der Waals surface area contributed by atoms with E-state index in [1.807, 2.05) is 0 Å². The summed E-state index contributed by atoms with van der Waals surface area (Å²) < 4.78 is 0. The lowest BCUT2D eigenvalue weighted by molar-refractivity contribution is 0.244. The lowest BCUT2D eigenvalue weighted by atomic mass is 9.99. The van der Waals surface area contributed by atoms with E-state index in [4.69, 9.17) is 5.11 Å². The number of hydrogen-bond acceptors (Lipinski definition) is 2. The van der Waals surface area contributed by atoms with Crippen molar-refractivity contribution in [1.82, 2.24) is 5.32 Å². The fourth-order valence-corrected chi connectivity index (χ4v) is 2.90. The van der Waals surface area contributed by atoms with Crippen LogP contribution >= 0.6 is 0 Å². The van der Waals surface area contributed by atoms with Gasteiger partial charge in [-0.25, -0.2) is 0 Å². The minimum absolute atomic E-state index is 0.342. The Kier molecular flexibility index (Phi) is 7.06. The quantitative estimate of drug-likeness (QED) is 0.668. The molecule has 0 radical (unpaired) electrons. The highest BCUT2D eigenvalue weighted by Gasteiger charge is 2.23. The van der Waals surface area contributed by atoms with Crippen molar-refractivity contribution < 1.29 is 5.11 Å². The Bertz CT molecular complexity index is 166. The van der Waals surface area contributed by atoms with E-state index in [1.54, 1.807) is 0 Å². The van der Waals surface area contributed by atoms with Crippen molar-refractivity contribution in [1.29, 1.82) is 0 Å². The van der Waals surface area contributed by atoms with Crippen molar-refractivity contribution in [3.05, 3.63) is 0 Å². The molecule has 2 nitrogen and oxygen atoms in total. The second-order valence-electron chi connectivity index (χ2n) is 5.36. The van der Waals surface area contributed by atoms with Gasteiger partial charge in [-0.15, -0.1) is 0 Å². The van der Waals surface area contributed by atoms with Crippen LogP contribution in [0.2, 0.25) is 0 Å². The van der Waals surface area contributed by atoms with Crippen LogP contribution in [-0.2, 0) is 0 Å². The minimum atomic E-state index is 0.342. The Labute approximate surface area is 101 Å². The first-order valence-corrected chi connectivity index (χ1v) is 7.14. The summed E-state index contributed by atoms with van der Waals surface area (Å²) in [5.41, 5.74) is 0. The van der Waals surface area contributed by atoms with E-state index in [0.717, 1.165) is 24.9 Å². The molecule has 96 valence electrons. The molecule has 0 spiro atoms. The Balaban J connectivity index is 2.16. The molecule has 0 aromatic carbocycles. The molecule has 3 unspecified atom stereocenters. The third-order valence-electron chi connectivity index (χ3n) is 4.05. The minimum Gasteiger partial charge on any atom is -0.396 e. The lowest BCUT2D eigenvalue weighted by Crippen LogP contribution is -2.32. The van der Waals surface area contributed by atoms with E-state index in [0.29, 0.717) is 12.5 Å². The maximum Gasteiger partial charge on any atom is 0.0434 e. The van der Waals surface area contributed by atoms with Crippen molar-refractivity contribution in [2.24, 2.45) is 11.8 Å². The average molecular weight is 227 g/mol. The molecule has 0 aromatic rings. The molecule has 2 heteroatoms. The van der Waals surface area contributed by atoms with Gasteiger partial charge in [0.25, 0.3) is 0 Å². The first kappa shape index (κ1) is 14.0. The van der Waals surface area contributed by atoms with Crippen molar-refractivity contribution >= 4 is 0 Å². The highest BCUT2D eigenvalue weighted by Crippen LogP contribution is 2.28. The molecular weight excluding hydrogens is 198 g/mol. The molecule has 16 heavy (non-hydrogen) atoms. The standard InChI is InChI=1S/C14H29NO/c1-3-5-13(8-9-16)11-15-14-7-6-12(4-2)10-14/h12-16H,3-11H2,1-2H3. The van der Waals surface area contributed by atoms with Gasteiger partial charge in [-0.05, 0) is 50.5 Å². The van der Waals surface area contributed by atoms with Gasteiger partial charge in [-0.1, -0.05) is 26.7 Å². The molecule has 0 aromatic heterocycles. The second-order valence-corrected chi connectivity index (χ2v) is 5.36. The van der Waals surface area contributed by atoms with Crippen molar-refractivity contribution in [3.63, 3.8) is 0 Å². The largest absolute Gasteiger partial charge is 0.396 e. The van der Waals surface area contributed by atoms with Gasteiger partial charge in [-0.2, -0.15) is 0 Å². The third-order valence-corrected chi connectivity index (χ3v) is 4.05. The van der Waals surface area contributed by atoms with E-state index < -0.39 is 0 Å². The van der Waals surface area contributed by atoms with E-state index in [1.165, 1.54) is 38.5 Å². The zero-order valence-electron chi connectivity index (χ0n) is 11.0. The van der Waals surface area contributed by atoms with Crippen LogP contribution in [-0.4, -0.2) is 24.3 Å². The highest BCUT2D eigenvalue weighted by atomic mass is 16.3. The number of aliphatic hydroxyl groups excluding tert-OH is 1. The normalized spacial score (nSPS) is 27.2. The van der Waals surface area contributed by atoms with E-state index in [2.05, 4.69) is 19.2 Å². The molecular formula is C14H29NO. The van der Waals surface area contributed by atoms with Crippen molar-refractivity contribution in [3.8, 4) is 0 Å². The molecule has 2 N–H and O–H groups in total. The Hall–Kier alpha value is -0.0800. The average Bonchev–Trinajstić information content (AvgIpc) is 2.74. The molecule has 0 bridgehead atoms. The zero-order chi connectivity index (χ0) is 11.8. The third kappa shape index (κ3) is 4.84. The van der Waals surface area contributed by atoms with Crippen molar-refractivity contribution in [2.75, 3.05) is 13.2 Å². The Morgan fingerprint density at radius 2 is 2.06 bits per heavy atom. The molecule has 0 amide bonds. The predicted molar refractivity (Wildman–Crippen MR) is 69.5 cm³/mol. The van der Waals surface area contributed by atoms with Gasteiger partial charge >= 0.3 is 0 Å². The maximum atomic E-state index is 9.01. The predicted octanol–water partition coefficient (Wildman–Crippen LogP) is 2.95. The topological polar surface area (TPSA) is 32.3 Å². The molecule has 1 aliphatic carbocycles. The molecule has 0 aliphatic heterocycles. The van der Waals surface area contributed by atoms with E-state index in [-0.39, 0.29) is 0 Å². The van der Waals surface area contributed by atoms with Gasteiger partial charge < -0.3 is 10.4 Å². The first-order chi connectivity index (χ1) is 7.80. The molecule has 1 rings (SSSR count). The van der Waals surface area contributed by atoms with Crippen LogP contribution in [0.3, 0.4) is 0 Å². The summed E-state index contributed by atoms with van der Waals surface area (Å²) in [5, 5.41) is 12.7. The SMILES string of the molecule is CCCC(CCO)CNC1CCC(CC)C1. The number of hydrogen-bond donors (Lipinski definition) is 2. The van der Waals surface area contributed by atoms with Gasteiger partial charge in [0, 0.05) is 12.6 Å². The molecule has 0 saturated heterocycles.